The maximum Gasteiger partial charge on any atom is 0.391 e. The van der Waals surface area contributed by atoms with Gasteiger partial charge in [0.15, 0.2) is 0 Å². The van der Waals surface area contributed by atoms with Crippen LogP contribution in [0.5, 0.6) is 0 Å². The van der Waals surface area contributed by atoms with Crippen molar-refractivity contribution in [1.29, 1.82) is 0 Å². The van der Waals surface area contributed by atoms with Crippen LogP contribution in [0, 0.1) is 23.0 Å². The monoisotopic (exact) mass is 302 g/mol. The molecule has 1 aliphatic rings. The molecule has 1 aromatic rings. The Kier molecular flexibility index (Phi) is 4.39. The number of nitrogens with one attached hydrogen (secondary N) is 1. The van der Waals surface area contributed by atoms with Gasteiger partial charge in [-0.3, -0.25) is 10.1 Å². The van der Waals surface area contributed by atoms with E-state index in [4.69, 9.17) is 0 Å². The molecule has 7 heteroatoms. The van der Waals surface area contributed by atoms with E-state index in [-0.39, 0.29) is 24.6 Å². The molecule has 0 unspecified atom stereocenters. The van der Waals surface area contributed by atoms with Crippen LogP contribution in [0.25, 0.3) is 0 Å². The van der Waals surface area contributed by atoms with Gasteiger partial charge in [-0.1, -0.05) is 6.07 Å². The van der Waals surface area contributed by atoms with Crippen molar-refractivity contribution in [2.45, 2.75) is 44.8 Å². The van der Waals surface area contributed by atoms with Crippen molar-refractivity contribution < 1.29 is 18.1 Å². The first kappa shape index (κ1) is 15.6. The van der Waals surface area contributed by atoms with Crippen LogP contribution < -0.4 is 5.32 Å². The zero-order chi connectivity index (χ0) is 15.6. The van der Waals surface area contributed by atoms with Gasteiger partial charge in [-0.2, -0.15) is 13.2 Å². The Labute approximate surface area is 120 Å². The number of halogens is 3. The Morgan fingerprint density at radius 2 is 1.86 bits per heavy atom. The molecule has 4 nitrogen and oxygen atoms in total. The van der Waals surface area contributed by atoms with Crippen LogP contribution >= 0.6 is 0 Å². The number of benzene rings is 1. The van der Waals surface area contributed by atoms with Gasteiger partial charge in [0.25, 0.3) is 5.69 Å². The predicted octanol–water partition coefficient (Wildman–Crippen LogP) is 4.44. The molecule has 21 heavy (non-hydrogen) atoms. The molecule has 0 spiro atoms. The second-order valence-electron chi connectivity index (χ2n) is 5.49. The summed E-state index contributed by atoms with van der Waals surface area (Å²) >= 11 is 0. The highest BCUT2D eigenvalue weighted by molar-refractivity contribution is 5.55. The summed E-state index contributed by atoms with van der Waals surface area (Å²) in [4.78, 5) is 10.4. The average molecular weight is 302 g/mol. The minimum absolute atomic E-state index is 0.0176. The van der Waals surface area contributed by atoms with Crippen molar-refractivity contribution in [1.82, 2.24) is 0 Å². The van der Waals surface area contributed by atoms with Crippen molar-refractivity contribution in [2.24, 2.45) is 5.92 Å². The molecule has 116 valence electrons. The maximum atomic E-state index is 12.6. The molecule has 1 aliphatic carbocycles. The molecule has 0 aromatic heterocycles. The van der Waals surface area contributed by atoms with E-state index < -0.39 is 17.0 Å². The third-order valence-electron chi connectivity index (χ3n) is 3.97. The summed E-state index contributed by atoms with van der Waals surface area (Å²) in [6.45, 7) is 1.65. The Morgan fingerprint density at radius 1 is 1.24 bits per heavy atom. The highest BCUT2D eigenvalue weighted by Crippen LogP contribution is 2.38. The van der Waals surface area contributed by atoms with Gasteiger partial charge in [0, 0.05) is 23.4 Å². The molecule has 0 bridgehead atoms. The average Bonchev–Trinajstić information content (AvgIpc) is 2.40. The molecular formula is C14H17F3N2O2. The summed E-state index contributed by atoms with van der Waals surface area (Å²) < 4.78 is 37.8. The minimum atomic E-state index is -4.12. The third-order valence-corrected chi connectivity index (χ3v) is 3.97. The number of rotatable bonds is 3. The van der Waals surface area contributed by atoms with Crippen LogP contribution in [0.2, 0.25) is 0 Å². The lowest BCUT2D eigenvalue weighted by Crippen LogP contribution is -2.32. The summed E-state index contributed by atoms with van der Waals surface area (Å²) in [5.74, 6) is -1.22. The summed E-state index contributed by atoms with van der Waals surface area (Å²) in [7, 11) is 0. The number of alkyl halides is 3. The lowest BCUT2D eigenvalue weighted by Gasteiger charge is -2.30. The van der Waals surface area contributed by atoms with Gasteiger partial charge in [0.1, 0.15) is 0 Å². The molecule has 0 saturated heterocycles. The number of hydrogen-bond donors (Lipinski definition) is 1. The number of nitro benzene ring substituents is 1. The van der Waals surface area contributed by atoms with E-state index in [1.165, 1.54) is 6.07 Å². The molecular weight excluding hydrogens is 285 g/mol. The molecule has 0 aliphatic heterocycles. The number of nitrogens with zero attached hydrogens (tertiary/aromatic N) is 1. The van der Waals surface area contributed by atoms with Crippen LogP contribution in [0.15, 0.2) is 18.2 Å². The van der Waals surface area contributed by atoms with Gasteiger partial charge in [-0.15, -0.1) is 0 Å². The van der Waals surface area contributed by atoms with Crippen LogP contribution in [-0.2, 0) is 0 Å². The summed E-state index contributed by atoms with van der Waals surface area (Å²) in [5, 5.41) is 14.0. The fraction of sp³-hybridized carbons (Fsp3) is 0.571. The van der Waals surface area contributed by atoms with E-state index in [2.05, 4.69) is 5.32 Å². The number of nitro groups is 1. The fourth-order valence-electron chi connectivity index (χ4n) is 2.70. The summed E-state index contributed by atoms with van der Waals surface area (Å²) in [6, 6.07) is 4.73. The SMILES string of the molecule is Cc1ccc(NC2CCC(C(F)(F)F)CC2)cc1[N+](=O)[O-]. The standard InChI is InChI=1S/C14H17F3N2O2/c1-9-2-5-12(8-13(9)19(20)21)18-11-6-3-10(4-7-11)14(15,16)17/h2,5,8,10-11,18H,3-4,6-7H2,1H3. The molecule has 0 amide bonds. The minimum Gasteiger partial charge on any atom is -0.382 e. The number of anilines is 1. The Hall–Kier alpha value is -1.79. The fourth-order valence-corrected chi connectivity index (χ4v) is 2.70. The van der Waals surface area contributed by atoms with E-state index >= 15 is 0 Å². The second kappa shape index (κ2) is 5.91. The molecule has 0 heterocycles. The first-order valence-electron chi connectivity index (χ1n) is 6.85. The van der Waals surface area contributed by atoms with Crippen molar-refractivity contribution in [3.05, 3.63) is 33.9 Å². The highest BCUT2D eigenvalue weighted by atomic mass is 19.4. The number of hydrogen-bond acceptors (Lipinski definition) is 3. The van der Waals surface area contributed by atoms with Crippen LogP contribution in [0.4, 0.5) is 24.5 Å². The molecule has 0 atom stereocenters. The van der Waals surface area contributed by atoms with Gasteiger partial charge in [0.2, 0.25) is 0 Å². The van der Waals surface area contributed by atoms with Gasteiger partial charge in [-0.25, -0.2) is 0 Å². The quantitative estimate of drug-likeness (QED) is 0.663. The van der Waals surface area contributed by atoms with E-state index in [1.807, 2.05) is 0 Å². The molecule has 1 aromatic carbocycles. The zero-order valence-electron chi connectivity index (χ0n) is 11.6. The first-order chi connectivity index (χ1) is 9.77. The van der Waals surface area contributed by atoms with Crippen LogP contribution in [0.1, 0.15) is 31.2 Å². The molecule has 2 rings (SSSR count). The smallest absolute Gasteiger partial charge is 0.382 e. The van der Waals surface area contributed by atoms with E-state index in [0.29, 0.717) is 24.1 Å². The van der Waals surface area contributed by atoms with Crippen LogP contribution in [-0.4, -0.2) is 17.1 Å². The highest BCUT2D eigenvalue weighted by Gasteiger charge is 2.41. The maximum absolute atomic E-state index is 12.6. The van der Waals surface area contributed by atoms with E-state index in [1.54, 1.807) is 19.1 Å². The molecule has 0 radical (unpaired) electrons. The third kappa shape index (κ3) is 3.86. The normalized spacial score (nSPS) is 22.9. The van der Waals surface area contributed by atoms with Crippen molar-refractivity contribution in [2.75, 3.05) is 5.32 Å². The Balaban J connectivity index is 1.98. The molecule has 1 saturated carbocycles. The first-order valence-corrected chi connectivity index (χ1v) is 6.85. The molecule has 1 fully saturated rings. The zero-order valence-corrected chi connectivity index (χ0v) is 11.6. The van der Waals surface area contributed by atoms with Crippen molar-refractivity contribution in [3.63, 3.8) is 0 Å². The van der Waals surface area contributed by atoms with Gasteiger partial charge < -0.3 is 5.32 Å². The van der Waals surface area contributed by atoms with Crippen molar-refractivity contribution >= 4 is 11.4 Å². The van der Waals surface area contributed by atoms with Crippen molar-refractivity contribution in [3.8, 4) is 0 Å². The summed E-state index contributed by atoms with van der Waals surface area (Å²) in [6.07, 6.45) is -3.06. The van der Waals surface area contributed by atoms with Gasteiger partial charge in [0.05, 0.1) is 10.8 Å². The Morgan fingerprint density at radius 3 is 2.38 bits per heavy atom. The lowest BCUT2D eigenvalue weighted by molar-refractivity contribution is -0.385. The second-order valence-corrected chi connectivity index (χ2v) is 5.49. The number of aryl methyl sites for hydroxylation is 1. The largest absolute Gasteiger partial charge is 0.391 e. The van der Waals surface area contributed by atoms with E-state index in [9.17, 15) is 23.3 Å². The summed E-state index contributed by atoms with van der Waals surface area (Å²) in [5.41, 5.74) is 1.16. The van der Waals surface area contributed by atoms with Gasteiger partial charge >= 0.3 is 6.18 Å². The Bertz CT molecular complexity index is 523. The van der Waals surface area contributed by atoms with Gasteiger partial charge in [-0.05, 0) is 38.7 Å². The lowest BCUT2D eigenvalue weighted by atomic mass is 9.85. The predicted molar refractivity (Wildman–Crippen MR) is 73.3 cm³/mol. The van der Waals surface area contributed by atoms with E-state index in [0.717, 1.165) is 0 Å². The van der Waals surface area contributed by atoms with Crippen LogP contribution in [0.3, 0.4) is 0 Å². The molecule has 1 N–H and O–H groups in total. The topological polar surface area (TPSA) is 55.2 Å².